The van der Waals surface area contributed by atoms with Crippen molar-refractivity contribution in [2.75, 3.05) is 5.73 Å². The maximum Gasteiger partial charge on any atom is 0.267 e. The Balaban J connectivity index is 1.82. The molecule has 5 aromatic rings. The van der Waals surface area contributed by atoms with E-state index in [1.54, 1.807) is 35.4 Å². The maximum absolute atomic E-state index is 13.8. The average molecular weight is 457 g/mol. The van der Waals surface area contributed by atoms with Crippen molar-refractivity contribution in [1.29, 1.82) is 0 Å². The zero-order valence-corrected chi connectivity index (χ0v) is 19.3. The van der Waals surface area contributed by atoms with E-state index >= 15 is 0 Å². The van der Waals surface area contributed by atoms with E-state index in [0.29, 0.717) is 39.3 Å². The van der Waals surface area contributed by atoms with Crippen molar-refractivity contribution in [3.8, 4) is 5.69 Å². The van der Waals surface area contributed by atoms with Crippen LogP contribution in [-0.4, -0.2) is 39.4 Å². The van der Waals surface area contributed by atoms with Crippen LogP contribution in [0, 0.1) is 13.8 Å². The SMILES string of the molecule is Cc1ccccc1-n1c(Cn2nc(C(C)(C)O)c3c(N)ncnc32)nc2nccc(C)c2c1=O. The minimum atomic E-state index is -1.28. The smallest absolute Gasteiger partial charge is 0.267 e. The van der Waals surface area contributed by atoms with Crippen LogP contribution in [-0.2, 0) is 12.1 Å². The number of nitrogens with two attached hydrogens (primary N) is 1. The molecule has 0 atom stereocenters. The van der Waals surface area contributed by atoms with Crippen LogP contribution in [0.25, 0.3) is 27.8 Å². The molecule has 172 valence electrons. The largest absolute Gasteiger partial charge is 0.384 e. The molecule has 0 saturated heterocycles. The summed E-state index contributed by atoms with van der Waals surface area (Å²) >= 11 is 0. The molecule has 4 heterocycles. The molecule has 1 aromatic carbocycles. The van der Waals surface area contributed by atoms with Crippen LogP contribution in [0.5, 0.6) is 0 Å². The first-order valence-corrected chi connectivity index (χ1v) is 10.8. The molecule has 3 N–H and O–H groups in total. The van der Waals surface area contributed by atoms with Gasteiger partial charge in [0, 0.05) is 6.20 Å². The second kappa shape index (κ2) is 7.70. The lowest BCUT2D eigenvalue weighted by Gasteiger charge is -2.16. The number of nitrogens with zero attached hydrogens (tertiary/aromatic N) is 7. The lowest BCUT2D eigenvalue weighted by molar-refractivity contribution is 0.0745. The first-order chi connectivity index (χ1) is 16.2. The van der Waals surface area contributed by atoms with E-state index in [1.807, 2.05) is 38.1 Å². The number of pyridine rings is 1. The third-order valence-electron chi connectivity index (χ3n) is 5.83. The van der Waals surface area contributed by atoms with Crippen molar-refractivity contribution in [1.82, 2.24) is 34.3 Å². The number of aromatic nitrogens is 7. The minimum absolute atomic E-state index is 0.0954. The fourth-order valence-corrected chi connectivity index (χ4v) is 4.17. The molecular weight excluding hydrogens is 432 g/mol. The molecule has 34 heavy (non-hydrogen) atoms. The fourth-order valence-electron chi connectivity index (χ4n) is 4.17. The Kier molecular flexibility index (Phi) is 4.90. The van der Waals surface area contributed by atoms with Crippen molar-refractivity contribution < 1.29 is 5.11 Å². The van der Waals surface area contributed by atoms with Gasteiger partial charge in [-0.1, -0.05) is 18.2 Å². The fraction of sp³-hybridized carbons (Fsp3) is 0.250. The maximum atomic E-state index is 13.8. The Morgan fingerprint density at radius 2 is 1.79 bits per heavy atom. The summed E-state index contributed by atoms with van der Waals surface area (Å²) in [5.74, 6) is 0.641. The molecule has 10 heteroatoms. The van der Waals surface area contributed by atoms with Gasteiger partial charge in [0.25, 0.3) is 5.56 Å². The molecule has 10 nitrogen and oxygen atoms in total. The Morgan fingerprint density at radius 1 is 1.03 bits per heavy atom. The number of anilines is 1. The van der Waals surface area contributed by atoms with Gasteiger partial charge in [-0.2, -0.15) is 5.10 Å². The number of rotatable bonds is 4. The van der Waals surface area contributed by atoms with Gasteiger partial charge in [-0.25, -0.2) is 24.6 Å². The van der Waals surface area contributed by atoms with Gasteiger partial charge in [0.15, 0.2) is 11.3 Å². The lowest BCUT2D eigenvalue weighted by Crippen LogP contribution is -2.27. The highest BCUT2D eigenvalue weighted by Gasteiger charge is 2.28. The first-order valence-electron chi connectivity index (χ1n) is 10.8. The van der Waals surface area contributed by atoms with Gasteiger partial charge in [0.2, 0.25) is 0 Å². The van der Waals surface area contributed by atoms with Gasteiger partial charge < -0.3 is 10.8 Å². The van der Waals surface area contributed by atoms with E-state index in [-0.39, 0.29) is 17.9 Å². The minimum Gasteiger partial charge on any atom is -0.384 e. The number of hydrogen-bond acceptors (Lipinski definition) is 8. The first kappa shape index (κ1) is 21.7. The number of benzene rings is 1. The number of aliphatic hydroxyl groups is 1. The Bertz CT molecular complexity index is 1630. The predicted molar refractivity (Wildman–Crippen MR) is 129 cm³/mol. The Hall–Kier alpha value is -4.18. The van der Waals surface area contributed by atoms with Crippen LogP contribution in [0.3, 0.4) is 0 Å². The molecule has 4 aromatic heterocycles. The van der Waals surface area contributed by atoms with Crippen LogP contribution in [0.2, 0.25) is 0 Å². The number of fused-ring (bicyclic) bond motifs is 2. The second-order valence-electron chi connectivity index (χ2n) is 8.80. The van der Waals surface area contributed by atoms with Gasteiger partial charge in [-0.05, 0) is 51.0 Å². The summed E-state index contributed by atoms with van der Waals surface area (Å²) in [6, 6.07) is 9.41. The van der Waals surface area contributed by atoms with Gasteiger partial charge >= 0.3 is 0 Å². The Labute approximate surface area is 194 Å². The van der Waals surface area contributed by atoms with Crippen LogP contribution in [0.4, 0.5) is 5.82 Å². The highest BCUT2D eigenvalue weighted by molar-refractivity contribution is 5.88. The highest BCUT2D eigenvalue weighted by Crippen LogP contribution is 2.30. The Morgan fingerprint density at radius 3 is 2.53 bits per heavy atom. The van der Waals surface area contributed by atoms with E-state index in [4.69, 9.17) is 10.7 Å². The van der Waals surface area contributed by atoms with E-state index in [2.05, 4.69) is 20.1 Å². The summed E-state index contributed by atoms with van der Waals surface area (Å²) in [5, 5.41) is 16.2. The number of para-hydroxylation sites is 1. The third kappa shape index (κ3) is 3.39. The molecule has 0 aliphatic carbocycles. The topological polar surface area (TPSA) is 138 Å². The van der Waals surface area contributed by atoms with Gasteiger partial charge in [0.1, 0.15) is 35.8 Å². The zero-order valence-electron chi connectivity index (χ0n) is 19.3. The van der Waals surface area contributed by atoms with Crippen LogP contribution in [0.15, 0.2) is 47.7 Å². The van der Waals surface area contributed by atoms with Crippen molar-refractivity contribution in [3.05, 3.63) is 75.9 Å². The number of nitrogen functional groups attached to an aromatic ring is 1. The molecule has 0 bridgehead atoms. The van der Waals surface area contributed by atoms with Crippen molar-refractivity contribution in [2.24, 2.45) is 0 Å². The summed E-state index contributed by atoms with van der Waals surface area (Å²) in [7, 11) is 0. The van der Waals surface area contributed by atoms with E-state index in [0.717, 1.165) is 11.1 Å². The standard InChI is InChI=1S/C24H24N8O2/c1-13-7-5-6-8-15(13)32-16(29-21-17(23(32)33)14(2)9-10-26-21)11-31-22-18(20(25)27-12-28-22)19(30-31)24(3,4)34/h5-10,12,34H,11H2,1-4H3,(H2,25,27,28). The molecule has 0 saturated carbocycles. The zero-order chi connectivity index (χ0) is 24.2. The monoisotopic (exact) mass is 456 g/mol. The second-order valence-corrected chi connectivity index (χ2v) is 8.80. The summed E-state index contributed by atoms with van der Waals surface area (Å²) in [5.41, 5.74) is 8.20. The molecule has 0 unspecified atom stereocenters. The summed E-state index contributed by atoms with van der Waals surface area (Å²) in [6.07, 6.45) is 2.98. The van der Waals surface area contributed by atoms with E-state index < -0.39 is 5.60 Å². The van der Waals surface area contributed by atoms with Gasteiger partial charge in [-0.3, -0.25) is 9.36 Å². The summed E-state index contributed by atoms with van der Waals surface area (Å²) in [6.45, 7) is 7.14. The molecule has 0 radical (unpaired) electrons. The van der Waals surface area contributed by atoms with Crippen molar-refractivity contribution >= 4 is 27.9 Å². The summed E-state index contributed by atoms with van der Waals surface area (Å²) in [4.78, 5) is 31.3. The van der Waals surface area contributed by atoms with Crippen LogP contribution in [0.1, 0.15) is 36.5 Å². The average Bonchev–Trinajstić information content (AvgIpc) is 3.15. The third-order valence-corrected chi connectivity index (χ3v) is 5.83. The molecule has 0 aliphatic rings. The molecular formula is C24H24N8O2. The highest BCUT2D eigenvalue weighted by atomic mass is 16.3. The van der Waals surface area contributed by atoms with E-state index in [9.17, 15) is 9.90 Å². The molecule has 5 rings (SSSR count). The van der Waals surface area contributed by atoms with E-state index in [1.165, 1.54) is 6.33 Å². The predicted octanol–water partition coefficient (Wildman–Crippen LogP) is 2.40. The number of hydrogen-bond donors (Lipinski definition) is 2. The molecule has 0 amide bonds. The van der Waals surface area contributed by atoms with Crippen LogP contribution < -0.4 is 11.3 Å². The van der Waals surface area contributed by atoms with Gasteiger partial charge in [0.05, 0.1) is 16.5 Å². The molecule has 0 fully saturated rings. The molecule has 0 spiro atoms. The lowest BCUT2D eigenvalue weighted by atomic mass is 10.0. The van der Waals surface area contributed by atoms with Crippen molar-refractivity contribution in [3.63, 3.8) is 0 Å². The summed E-state index contributed by atoms with van der Waals surface area (Å²) < 4.78 is 3.17. The van der Waals surface area contributed by atoms with Crippen LogP contribution >= 0.6 is 0 Å². The van der Waals surface area contributed by atoms with Crippen molar-refractivity contribution in [2.45, 2.75) is 39.8 Å². The quantitative estimate of drug-likeness (QED) is 0.420. The number of aryl methyl sites for hydroxylation is 2. The normalized spacial score (nSPS) is 12.0. The molecule has 0 aliphatic heterocycles. The van der Waals surface area contributed by atoms with Gasteiger partial charge in [-0.15, -0.1) is 0 Å².